The summed E-state index contributed by atoms with van der Waals surface area (Å²) in [7, 11) is 0. The maximum atomic E-state index is 13.9. The number of carbonyl (C=O) groups excluding carboxylic acids is 1. The predicted molar refractivity (Wildman–Crippen MR) is 91.2 cm³/mol. The lowest BCUT2D eigenvalue weighted by Crippen LogP contribution is -2.60. The highest BCUT2D eigenvalue weighted by Gasteiger charge is 2.56. The van der Waals surface area contributed by atoms with Gasteiger partial charge in [0.1, 0.15) is 11.2 Å². The van der Waals surface area contributed by atoms with Gasteiger partial charge in [0.25, 0.3) is 5.91 Å². The van der Waals surface area contributed by atoms with E-state index in [4.69, 9.17) is 0 Å². The maximum Gasteiger partial charge on any atom is 0.267 e. The zero-order valence-electron chi connectivity index (χ0n) is 14.6. The van der Waals surface area contributed by atoms with Crippen LogP contribution in [-0.4, -0.2) is 21.9 Å². The van der Waals surface area contributed by atoms with Crippen LogP contribution in [0.3, 0.4) is 0 Å². The Morgan fingerprint density at radius 3 is 2.79 bits per heavy atom. The minimum absolute atomic E-state index is 0.154. The van der Waals surface area contributed by atoms with Gasteiger partial charge in [-0.3, -0.25) is 4.79 Å². The molecule has 2 heterocycles. The second-order valence-corrected chi connectivity index (χ2v) is 8.24. The lowest BCUT2D eigenvalue weighted by Gasteiger charge is -2.62. The topological polar surface area (TPSA) is 57.8 Å². The van der Waals surface area contributed by atoms with Crippen molar-refractivity contribution in [3.05, 3.63) is 29.5 Å². The Kier molecular flexibility index (Phi) is 3.28. The fourth-order valence-corrected chi connectivity index (χ4v) is 4.93. The third kappa shape index (κ3) is 2.17. The monoisotopic (exact) mass is 329 g/mol. The molecule has 24 heavy (non-hydrogen) atoms. The largest absolute Gasteiger partial charge is 0.348 e. The molecule has 2 bridgehead atoms. The summed E-state index contributed by atoms with van der Waals surface area (Å²) in [5.74, 6) is 1.13. The number of fused-ring (bicyclic) bond motifs is 3. The first-order chi connectivity index (χ1) is 11.3. The fraction of sp³-hybridized carbons (Fsp3) is 0.579. The maximum absolute atomic E-state index is 13.9. The molecular weight excluding hydrogens is 305 g/mol. The molecule has 5 heteroatoms. The van der Waals surface area contributed by atoms with Crippen LogP contribution in [0.15, 0.2) is 12.1 Å². The highest BCUT2D eigenvalue weighted by molar-refractivity contribution is 5.98. The van der Waals surface area contributed by atoms with Crippen molar-refractivity contribution in [2.45, 2.75) is 46.6 Å². The average molecular weight is 329 g/mol. The van der Waals surface area contributed by atoms with E-state index in [2.05, 4.69) is 36.1 Å². The van der Waals surface area contributed by atoms with Gasteiger partial charge in [-0.15, -0.1) is 0 Å². The Morgan fingerprint density at radius 2 is 2.12 bits per heavy atom. The normalized spacial score (nSPS) is 30.9. The van der Waals surface area contributed by atoms with E-state index in [9.17, 15) is 9.18 Å². The molecule has 1 amide bonds. The predicted octanol–water partition coefficient (Wildman–Crippen LogP) is 3.81. The summed E-state index contributed by atoms with van der Waals surface area (Å²) in [5, 5.41) is 3.85. The summed E-state index contributed by atoms with van der Waals surface area (Å²) in [4.78, 5) is 19.3. The molecule has 2 aromatic heterocycles. The number of amides is 1. The number of H-pyrrole nitrogens is 1. The van der Waals surface area contributed by atoms with Crippen molar-refractivity contribution < 1.29 is 9.18 Å². The smallest absolute Gasteiger partial charge is 0.267 e. The van der Waals surface area contributed by atoms with Crippen LogP contribution >= 0.6 is 0 Å². The van der Waals surface area contributed by atoms with Crippen LogP contribution in [0.4, 0.5) is 4.39 Å². The van der Waals surface area contributed by atoms with Gasteiger partial charge in [0.15, 0.2) is 0 Å². The number of aromatic amines is 1. The standard InChI is InChI=1S/C19H24FN3O/c1-9-5-11-6-15(22-16(11)17(20)21-9)18(24)23-14-8-12-7-13(10(14)2)19(12,3)4/h5-6,10,12-14,22H,7-8H2,1-4H3,(H,23,24)/t10-,12+,13-,14-/m0/s1. The van der Waals surface area contributed by atoms with E-state index >= 15 is 0 Å². The van der Waals surface area contributed by atoms with Crippen molar-refractivity contribution in [1.82, 2.24) is 15.3 Å². The second kappa shape index (κ2) is 5.04. The third-order valence-corrected chi connectivity index (χ3v) is 6.61. The molecule has 3 aliphatic rings. The zero-order chi connectivity index (χ0) is 17.2. The van der Waals surface area contributed by atoms with Crippen LogP contribution in [0.5, 0.6) is 0 Å². The van der Waals surface area contributed by atoms with Gasteiger partial charge in [-0.05, 0) is 55.1 Å². The van der Waals surface area contributed by atoms with Gasteiger partial charge in [0.05, 0.1) is 0 Å². The molecular formula is C19H24FN3O. The second-order valence-electron chi connectivity index (χ2n) is 8.24. The Balaban J connectivity index is 1.54. The summed E-state index contributed by atoms with van der Waals surface area (Å²) in [6.45, 7) is 8.67. The molecule has 4 nitrogen and oxygen atoms in total. The van der Waals surface area contributed by atoms with Crippen molar-refractivity contribution in [1.29, 1.82) is 0 Å². The summed E-state index contributed by atoms with van der Waals surface area (Å²) in [6, 6.07) is 3.69. The lowest BCUT2D eigenvalue weighted by atomic mass is 9.45. The molecule has 0 aliphatic heterocycles. The first kappa shape index (κ1) is 15.6. The van der Waals surface area contributed by atoms with Crippen LogP contribution in [0.1, 0.15) is 49.8 Å². The molecule has 3 aliphatic carbocycles. The van der Waals surface area contributed by atoms with Gasteiger partial charge in [-0.1, -0.05) is 20.8 Å². The number of rotatable bonds is 2. The van der Waals surface area contributed by atoms with E-state index in [1.54, 1.807) is 19.1 Å². The van der Waals surface area contributed by atoms with Crippen molar-refractivity contribution in [2.24, 2.45) is 23.2 Å². The molecule has 5 rings (SSSR count). The van der Waals surface area contributed by atoms with Crippen LogP contribution < -0.4 is 5.32 Å². The number of aromatic nitrogens is 2. The van der Waals surface area contributed by atoms with E-state index in [0.29, 0.717) is 45.5 Å². The highest BCUT2D eigenvalue weighted by atomic mass is 19.1. The van der Waals surface area contributed by atoms with E-state index in [-0.39, 0.29) is 11.9 Å². The minimum Gasteiger partial charge on any atom is -0.348 e. The van der Waals surface area contributed by atoms with Crippen LogP contribution in [0.25, 0.3) is 10.9 Å². The first-order valence-electron chi connectivity index (χ1n) is 8.74. The summed E-state index contributed by atoms with van der Waals surface area (Å²) < 4.78 is 13.9. The van der Waals surface area contributed by atoms with Crippen molar-refractivity contribution in [2.75, 3.05) is 0 Å². The number of carbonyl (C=O) groups is 1. The van der Waals surface area contributed by atoms with Gasteiger partial charge >= 0.3 is 0 Å². The van der Waals surface area contributed by atoms with E-state index in [0.717, 1.165) is 6.42 Å². The quantitative estimate of drug-likeness (QED) is 0.823. The molecule has 0 spiro atoms. The van der Waals surface area contributed by atoms with Crippen molar-refractivity contribution >= 4 is 16.8 Å². The molecule has 2 aromatic rings. The summed E-state index contributed by atoms with van der Waals surface area (Å²) in [6.07, 6.45) is 2.31. The molecule has 2 N–H and O–H groups in total. The number of hydrogen-bond donors (Lipinski definition) is 2. The number of nitrogens with zero attached hydrogens (tertiary/aromatic N) is 1. The number of hydrogen-bond acceptors (Lipinski definition) is 2. The number of aryl methyl sites for hydroxylation is 1. The molecule has 128 valence electrons. The van der Waals surface area contributed by atoms with Gasteiger partial charge in [0, 0.05) is 17.1 Å². The first-order valence-corrected chi connectivity index (χ1v) is 8.74. The summed E-state index contributed by atoms with van der Waals surface area (Å²) >= 11 is 0. The number of pyridine rings is 1. The van der Waals surface area contributed by atoms with Crippen molar-refractivity contribution in [3.63, 3.8) is 0 Å². The van der Waals surface area contributed by atoms with Gasteiger partial charge in [0.2, 0.25) is 5.95 Å². The number of nitrogens with one attached hydrogen (secondary N) is 2. The Hall–Kier alpha value is -1.91. The van der Waals surface area contributed by atoms with Crippen LogP contribution in [0, 0.1) is 36.0 Å². The Morgan fingerprint density at radius 1 is 1.38 bits per heavy atom. The molecule has 4 atom stereocenters. The summed E-state index contributed by atoms with van der Waals surface area (Å²) in [5.41, 5.74) is 1.70. The fourth-order valence-electron chi connectivity index (χ4n) is 4.93. The van der Waals surface area contributed by atoms with E-state index < -0.39 is 5.95 Å². The van der Waals surface area contributed by atoms with Crippen molar-refractivity contribution in [3.8, 4) is 0 Å². The Bertz CT molecular complexity index is 825. The number of halogens is 1. The van der Waals surface area contributed by atoms with Gasteiger partial charge in [-0.25, -0.2) is 4.98 Å². The average Bonchev–Trinajstić information content (AvgIpc) is 2.93. The molecule has 3 saturated carbocycles. The Labute approximate surface area is 141 Å². The van der Waals surface area contributed by atoms with Crippen LogP contribution in [0.2, 0.25) is 0 Å². The third-order valence-electron chi connectivity index (χ3n) is 6.61. The highest BCUT2D eigenvalue weighted by Crippen LogP contribution is 2.61. The van der Waals surface area contributed by atoms with Crippen LogP contribution in [-0.2, 0) is 0 Å². The van der Waals surface area contributed by atoms with Gasteiger partial charge in [-0.2, -0.15) is 4.39 Å². The molecule has 0 aromatic carbocycles. The minimum atomic E-state index is -0.557. The molecule has 0 radical (unpaired) electrons. The molecule has 0 saturated heterocycles. The van der Waals surface area contributed by atoms with E-state index in [1.807, 2.05) is 0 Å². The molecule has 3 fully saturated rings. The lowest BCUT2D eigenvalue weighted by molar-refractivity contribution is -0.113. The molecule has 0 unspecified atom stereocenters. The zero-order valence-corrected chi connectivity index (χ0v) is 14.6. The van der Waals surface area contributed by atoms with Gasteiger partial charge < -0.3 is 10.3 Å². The van der Waals surface area contributed by atoms with E-state index in [1.165, 1.54) is 6.42 Å². The SMILES string of the molecule is Cc1cc2cc(C(=O)N[C@H]3C[C@H]4C[C@@H]([C@@H]3C)C4(C)C)[nH]c2c(F)n1.